The van der Waals surface area contributed by atoms with Crippen LogP contribution >= 0.6 is 0 Å². The Labute approximate surface area is 126 Å². The smallest absolute Gasteiger partial charge is 0.0698 e. The second-order valence-electron chi connectivity index (χ2n) is 5.04. The summed E-state index contributed by atoms with van der Waals surface area (Å²) < 4.78 is 5.31. The third kappa shape index (κ3) is 4.97. The summed E-state index contributed by atoms with van der Waals surface area (Å²) in [6.45, 7) is 3.89. The second-order valence-corrected chi connectivity index (χ2v) is 5.04. The quantitative estimate of drug-likeness (QED) is 0.733. The van der Waals surface area contributed by atoms with Gasteiger partial charge in [-0.25, -0.2) is 0 Å². The highest BCUT2D eigenvalue weighted by Gasteiger charge is 2.12. The lowest BCUT2D eigenvalue weighted by molar-refractivity contribution is 0.0931. The van der Waals surface area contributed by atoms with Crippen molar-refractivity contribution in [2.24, 2.45) is 0 Å². The molecule has 3 heteroatoms. The van der Waals surface area contributed by atoms with E-state index < -0.39 is 0 Å². The Morgan fingerprint density at radius 1 is 0.952 bits per heavy atom. The maximum atomic E-state index is 8.71. The molecule has 0 radical (unpaired) electrons. The van der Waals surface area contributed by atoms with Crippen LogP contribution in [0.25, 0.3) is 0 Å². The molecule has 0 aliphatic heterocycles. The van der Waals surface area contributed by atoms with Crippen LogP contribution in [0.3, 0.4) is 0 Å². The van der Waals surface area contributed by atoms with Crippen LogP contribution in [0.5, 0.6) is 0 Å². The lowest BCUT2D eigenvalue weighted by atomic mass is 9.98. The Morgan fingerprint density at radius 2 is 1.62 bits per heavy atom. The van der Waals surface area contributed by atoms with Crippen molar-refractivity contribution in [3.05, 3.63) is 71.3 Å². The van der Waals surface area contributed by atoms with Crippen molar-refractivity contribution in [3.63, 3.8) is 0 Å². The predicted octanol–water partition coefficient (Wildman–Crippen LogP) is 2.68. The molecule has 2 rings (SSSR count). The molecule has 0 spiro atoms. The van der Waals surface area contributed by atoms with E-state index >= 15 is 0 Å². The molecule has 3 nitrogen and oxygen atoms in total. The molecule has 0 aromatic heterocycles. The van der Waals surface area contributed by atoms with E-state index in [0.29, 0.717) is 13.2 Å². The fourth-order valence-electron chi connectivity index (χ4n) is 2.27. The number of ether oxygens (including phenoxy) is 1. The van der Waals surface area contributed by atoms with Gasteiger partial charge in [0.05, 0.1) is 25.9 Å². The highest BCUT2D eigenvalue weighted by molar-refractivity contribution is 5.33. The molecule has 2 aromatic rings. The van der Waals surface area contributed by atoms with Gasteiger partial charge in [-0.3, -0.25) is 0 Å². The van der Waals surface area contributed by atoms with E-state index in [2.05, 4.69) is 60.8 Å². The van der Waals surface area contributed by atoms with Crippen LogP contribution in [0, 0.1) is 6.92 Å². The molecule has 112 valence electrons. The molecule has 2 aromatic carbocycles. The average Bonchev–Trinajstić information content (AvgIpc) is 2.53. The normalized spacial score (nSPS) is 12.3. The summed E-state index contributed by atoms with van der Waals surface area (Å²) in [5.41, 5.74) is 3.74. The van der Waals surface area contributed by atoms with Gasteiger partial charge in [0.2, 0.25) is 0 Å². The first-order valence-corrected chi connectivity index (χ1v) is 7.35. The van der Waals surface area contributed by atoms with Crippen LogP contribution in [0.2, 0.25) is 0 Å². The summed E-state index contributed by atoms with van der Waals surface area (Å²) in [6, 6.07) is 19.1. The van der Waals surface area contributed by atoms with Gasteiger partial charge in [-0.05, 0) is 18.1 Å². The van der Waals surface area contributed by atoms with E-state index in [0.717, 1.165) is 6.54 Å². The van der Waals surface area contributed by atoms with Crippen LogP contribution in [0.15, 0.2) is 54.6 Å². The van der Waals surface area contributed by atoms with E-state index in [1.807, 2.05) is 6.07 Å². The predicted molar refractivity (Wildman–Crippen MR) is 85.4 cm³/mol. The van der Waals surface area contributed by atoms with Crippen molar-refractivity contribution >= 4 is 0 Å². The molecule has 21 heavy (non-hydrogen) atoms. The first-order valence-electron chi connectivity index (χ1n) is 7.35. The van der Waals surface area contributed by atoms with Gasteiger partial charge in [-0.1, -0.05) is 60.2 Å². The molecule has 0 fully saturated rings. The first kappa shape index (κ1) is 15.7. The Morgan fingerprint density at radius 3 is 2.29 bits per heavy atom. The topological polar surface area (TPSA) is 41.5 Å². The van der Waals surface area contributed by atoms with E-state index in [-0.39, 0.29) is 12.6 Å². The summed E-state index contributed by atoms with van der Waals surface area (Å²) in [5.74, 6) is 0. The van der Waals surface area contributed by atoms with Gasteiger partial charge in [-0.2, -0.15) is 0 Å². The van der Waals surface area contributed by atoms with Crippen LogP contribution < -0.4 is 5.32 Å². The third-order valence-electron chi connectivity index (χ3n) is 3.37. The number of aliphatic hydroxyl groups is 1. The standard InChI is InChI=1S/C18H23NO2/c1-15-7-9-17(10-8-15)18(16-5-3-2-4-6-16)19-11-13-21-14-12-20/h2-10,18-20H,11-14H2,1H3. The molecule has 2 N–H and O–H groups in total. The van der Waals surface area contributed by atoms with Crippen LogP contribution in [0.4, 0.5) is 0 Å². The third-order valence-corrected chi connectivity index (χ3v) is 3.37. The molecular formula is C18H23NO2. The average molecular weight is 285 g/mol. The van der Waals surface area contributed by atoms with E-state index in [1.165, 1.54) is 16.7 Å². The van der Waals surface area contributed by atoms with Crippen LogP contribution in [0.1, 0.15) is 22.7 Å². The van der Waals surface area contributed by atoms with Gasteiger partial charge in [0, 0.05) is 6.54 Å². The Bertz CT molecular complexity index is 511. The zero-order valence-electron chi connectivity index (χ0n) is 12.5. The summed E-state index contributed by atoms with van der Waals surface area (Å²) in [5, 5.41) is 12.2. The zero-order valence-corrected chi connectivity index (χ0v) is 12.5. The van der Waals surface area contributed by atoms with Crippen LogP contribution in [-0.4, -0.2) is 31.5 Å². The minimum Gasteiger partial charge on any atom is -0.394 e. The van der Waals surface area contributed by atoms with E-state index in [9.17, 15) is 0 Å². The highest BCUT2D eigenvalue weighted by atomic mass is 16.5. The van der Waals surface area contributed by atoms with Crippen molar-refractivity contribution in [2.45, 2.75) is 13.0 Å². The second kappa shape index (κ2) is 8.57. The Hall–Kier alpha value is -1.68. The minimum atomic E-state index is 0.0695. The highest BCUT2D eigenvalue weighted by Crippen LogP contribution is 2.22. The molecular weight excluding hydrogens is 262 g/mol. The van der Waals surface area contributed by atoms with Gasteiger partial charge in [0.1, 0.15) is 0 Å². The number of aliphatic hydroxyl groups excluding tert-OH is 1. The minimum absolute atomic E-state index is 0.0695. The molecule has 0 heterocycles. The summed E-state index contributed by atoms with van der Waals surface area (Å²) in [4.78, 5) is 0. The van der Waals surface area contributed by atoms with Gasteiger partial charge in [0.25, 0.3) is 0 Å². The fraction of sp³-hybridized carbons (Fsp3) is 0.333. The number of nitrogens with one attached hydrogen (secondary N) is 1. The number of hydrogen-bond acceptors (Lipinski definition) is 3. The van der Waals surface area contributed by atoms with E-state index in [1.54, 1.807) is 0 Å². The molecule has 0 saturated carbocycles. The lowest BCUT2D eigenvalue weighted by Crippen LogP contribution is -2.26. The molecule has 0 bridgehead atoms. The molecule has 0 aliphatic carbocycles. The number of hydrogen-bond donors (Lipinski definition) is 2. The van der Waals surface area contributed by atoms with Crippen molar-refractivity contribution in [3.8, 4) is 0 Å². The van der Waals surface area contributed by atoms with Crippen molar-refractivity contribution in [1.29, 1.82) is 0 Å². The van der Waals surface area contributed by atoms with Crippen molar-refractivity contribution in [2.75, 3.05) is 26.4 Å². The number of aryl methyl sites for hydroxylation is 1. The molecule has 1 atom stereocenters. The Kier molecular flexibility index (Phi) is 6.41. The van der Waals surface area contributed by atoms with Crippen molar-refractivity contribution < 1.29 is 9.84 Å². The summed E-state index contributed by atoms with van der Waals surface area (Å²) in [6.07, 6.45) is 0. The largest absolute Gasteiger partial charge is 0.394 e. The molecule has 1 unspecified atom stereocenters. The first-order chi connectivity index (χ1) is 10.3. The van der Waals surface area contributed by atoms with Gasteiger partial charge >= 0.3 is 0 Å². The van der Waals surface area contributed by atoms with Crippen molar-refractivity contribution in [1.82, 2.24) is 5.32 Å². The maximum absolute atomic E-state index is 8.71. The molecule has 0 saturated heterocycles. The lowest BCUT2D eigenvalue weighted by Gasteiger charge is -2.20. The molecule has 0 amide bonds. The SMILES string of the molecule is Cc1ccc(C(NCCOCCO)c2ccccc2)cc1. The Balaban J connectivity index is 2.06. The maximum Gasteiger partial charge on any atom is 0.0698 e. The van der Waals surface area contributed by atoms with Gasteiger partial charge < -0.3 is 15.2 Å². The zero-order chi connectivity index (χ0) is 14.9. The fourth-order valence-corrected chi connectivity index (χ4v) is 2.27. The number of benzene rings is 2. The van der Waals surface area contributed by atoms with E-state index in [4.69, 9.17) is 9.84 Å². The van der Waals surface area contributed by atoms with Crippen LogP contribution in [-0.2, 0) is 4.74 Å². The summed E-state index contributed by atoms with van der Waals surface area (Å²) in [7, 11) is 0. The van der Waals surface area contributed by atoms with Gasteiger partial charge in [0.15, 0.2) is 0 Å². The molecule has 0 aliphatic rings. The monoisotopic (exact) mass is 285 g/mol. The number of rotatable bonds is 8. The summed E-state index contributed by atoms with van der Waals surface area (Å²) >= 11 is 0. The van der Waals surface area contributed by atoms with Gasteiger partial charge in [-0.15, -0.1) is 0 Å².